The molecular formula is C19H27N3O5S. The van der Waals surface area contributed by atoms with E-state index in [2.05, 4.69) is 5.32 Å². The summed E-state index contributed by atoms with van der Waals surface area (Å²) in [5.74, 6) is -0.414. The van der Waals surface area contributed by atoms with Crippen molar-refractivity contribution < 1.29 is 14.6 Å². The van der Waals surface area contributed by atoms with Gasteiger partial charge in [-0.25, -0.2) is 4.79 Å². The lowest BCUT2D eigenvalue weighted by Crippen LogP contribution is -2.44. The van der Waals surface area contributed by atoms with Gasteiger partial charge in [-0.15, -0.1) is 11.3 Å². The molecule has 2 N–H and O–H groups in total. The number of aliphatic hydroxyl groups excluding tert-OH is 1. The van der Waals surface area contributed by atoms with E-state index < -0.39 is 17.2 Å². The summed E-state index contributed by atoms with van der Waals surface area (Å²) >= 11 is 1.44. The normalized spacial score (nSPS) is 15.6. The summed E-state index contributed by atoms with van der Waals surface area (Å²) in [7, 11) is 0. The lowest BCUT2D eigenvalue weighted by Gasteiger charge is -2.29. The lowest BCUT2D eigenvalue weighted by atomic mass is 9.94. The predicted octanol–water partition coefficient (Wildman–Crippen LogP) is 0.985. The Labute approximate surface area is 166 Å². The van der Waals surface area contributed by atoms with Crippen LogP contribution in [0.25, 0.3) is 10.2 Å². The van der Waals surface area contributed by atoms with E-state index in [-0.39, 0.29) is 18.8 Å². The summed E-state index contributed by atoms with van der Waals surface area (Å²) < 4.78 is 8.51. The van der Waals surface area contributed by atoms with Crippen molar-refractivity contribution in [2.24, 2.45) is 0 Å². The van der Waals surface area contributed by atoms with Crippen LogP contribution in [0.3, 0.4) is 0 Å². The number of ether oxygens (including phenoxy) is 1. The molecule has 3 rings (SSSR count). The molecule has 154 valence electrons. The fourth-order valence-electron chi connectivity index (χ4n) is 3.47. The van der Waals surface area contributed by atoms with Crippen LogP contribution in [0.15, 0.2) is 9.59 Å². The first-order valence-corrected chi connectivity index (χ1v) is 10.4. The van der Waals surface area contributed by atoms with Gasteiger partial charge in [0, 0.05) is 31.0 Å². The van der Waals surface area contributed by atoms with E-state index in [0.717, 1.165) is 21.4 Å². The summed E-state index contributed by atoms with van der Waals surface area (Å²) in [5.41, 5.74) is -0.332. The molecule has 0 aromatic carbocycles. The number of rotatable bonds is 7. The van der Waals surface area contributed by atoms with E-state index in [4.69, 9.17) is 9.84 Å². The number of aryl methyl sites for hydroxylation is 1. The van der Waals surface area contributed by atoms with Crippen molar-refractivity contribution in [3.8, 4) is 0 Å². The molecular weight excluding hydrogens is 382 g/mol. The molecule has 3 heterocycles. The average Bonchev–Trinajstić information content (AvgIpc) is 3.00. The molecule has 0 bridgehead atoms. The van der Waals surface area contributed by atoms with Crippen LogP contribution in [0.5, 0.6) is 0 Å². The molecule has 9 heteroatoms. The van der Waals surface area contributed by atoms with Crippen LogP contribution in [-0.4, -0.2) is 38.9 Å². The second-order valence-electron chi connectivity index (χ2n) is 7.66. The van der Waals surface area contributed by atoms with E-state index in [0.29, 0.717) is 42.8 Å². The molecule has 0 spiro atoms. The summed E-state index contributed by atoms with van der Waals surface area (Å²) in [6.07, 6.45) is 1.75. The fourth-order valence-corrected chi connectivity index (χ4v) is 4.71. The maximum Gasteiger partial charge on any atom is 0.332 e. The average molecular weight is 410 g/mol. The van der Waals surface area contributed by atoms with Crippen molar-refractivity contribution in [1.82, 2.24) is 14.5 Å². The number of hydrogen-bond donors (Lipinski definition) is 2. The second kappa shape index (κ2) is 8.18. The Hall–Kier alpha value is -1.97. The van der Waals surface area contributed by atoms with Crippen molar-refractivity contribution in [3.63, 3.8) is 0 Å². The zero-order valence-corrected chi connectivity index (χ0v) is 17.4. The zero-order valence-electron chi connectivity index (χ0n) is 16.5. The Morgan fingerprint density at radius 3 is 2.75 bits per heavy atom. The molecule has 28 heavy (non-hydrogen) atoms. The summed E-state index contributed by atoms with van der Waals surface area (Å²) in [4.78, 5) is 40.0. The Kier molecular flexibility index (Phi) is 6.07. The molecule has 0 atom stereocenters. The second-order valence-corrected chi connectivity index (χ2v) is 8.75. The Balaban J connectivity index is 2.13. The van der Waals surface area contributed by atoms with E-state index >= 15 is 0 Å². The molecule has 1 aliphatic rings. The molecule has 1 aliphatic heterocycles. The van der Waals surface area contributed by atoms with Gasteiger partial charge in [0.05, 0.1) is 17.6 Å². The molecule has 0 saturated heterocycles. The van der Waals surface area contributed by atoms with Gasteiger partial charge >= 0.3 is 5.69 Å². The molecule has 1 amide bonds. The van der Waals surface area contributed by atoms with Gasteiger partial charge in [0.25, 0.3) is 5.56 Å². The third-order valence-electron chi connectivity index (χ3n) is 4.84. The number of carbonyl (C=O) groups is 1. The number of aliphatic hydroxyl groups is 1. The summed E-state index contributed by atoms with van der Waals surface area (Å²) in [6, 6.07) is 0. The van der Waals surface area contributed by atoms with Crippen molar-refractivity contribution in [1.29, 1.82) is 0 Å². The van der Waals surface area contributed by atoms with E-state index in [1.165, 1.54) is 11.3 Å². The highest BCUT2D eigenvalue weighted by Crippen LogP contribution is 2.37. The predicted molar refractivity (Wildman–Crippen MR) is 108 cm³/mol. The highest BCUT2D eigenvalue weighted by atomic mass is 32.1. The lowest BCUT2D eigenvalue weighted by molar-refractivity contribution is -0.121. The third kappa shape index (κ3) is 3.92. The minimum absolute atomic E-state index is 0.0333. The summed E-state index contributed by atoms with van der Waals surface area (Å²) in [6.45, 7) is 6.77. The van der Waals surface area contributed by atoms with Crippen LogP contribution >= 0.6 is 11.3 Å². The molecule has 2 aromatic rings. The third-order valence-corrected chi connectivity index (χ3v) is 6.07. The first-order valence-electron chi connectivity index (χ1n) is 9.58. The number of amides is 1. The number of hydrogen-bond acceptors (Lipinski definition) is 6. The molecule has 0 unspecified atom stereocenters. The highest BCUT2D eigenvalue weighted by molar-refractivity contribution is 7.18. The molecule has 0 radical (unpaired) electrons. The van der Waals surface area contributed by atoms with Gasteiger partial charge in [0.1, 0.15) is 11.4 Å². The van der Waals surface area contributed by atoms with Crippen LogP contribution in [0, 0.1) is 0 Å². The smallest absolute Gasteiger partial charge is 0.332 e. The van der Waals surface area contributed by atoms with Gasteiger partial charge in [0.15, 0.2) is 0 Å². The number of thiophene rings is 1. The van der Waals surface area contributed by atoms with Gasteiger partial charge in [-0.1, -0.05) is 6.92 Å². The van der Waals surface area contributed by atoms with Crippen LogP contribution in [0.1, 0.15) is 44.1 Å². The Morgan fingerprint density at radius 2 is 2.07 bits per heavy atom. The van der Waals surface area contributed by atoms with Crippen LogP contribution in [0.4, 0.5) is 0 Å². The van der Waals surface area contributed by atoms with Gasteiger partial charge in [-0.2, -0.15) is 0 Å². The molecule has 0 fully saturated rings. The topological polar surface area (TPSA) is 103 Å². The molecule has 0 aliphatic carbocycles. The van der Waals surface area contributed by atoms with Gasteiger partial charge in [-0.05, 0) is 32.3 Å². The molecule has 0 saturated carbocycles. The van der Waals surface area contributed by atoms with Crippen LogP contribution < -0.4 is 16.6 Å². The Morgan fingerprint density at radius 1 is 1.32 bits per heavy atom. The first-order chi connectivity index (χ1) is 13.3. The van der Waals surface area contributed by atoms with Crippen molar-refractivity contribution >= 4 is 27.5 Å². The standard InChI is InChI=1S/C19H27N3O5S/c1-4-7-21-17-15(12-9-19(2,3)27-11-13(12)28-17)16(25)22(18(21)26)10-14(24)20-6-5-8-23/h23H,4-11H2,1-3H3,(H,20,24). The van der Waals surface area contributed by atoms with E-state index in [1.54, 1.807) is 4.57 Å². The first kappa shape index (κ1) is 20.8. The highest BCUT2D eigenvalue weighted by Gasteiger charge is 2.32. The van der Waals surface area contributed by atoms with Crippen LogP contribution in [0.2, 0.25) is 0 Å². The van der Waals surface area contributed by atoms with Crippen molar-refractivity contribution in [2.45, 2.75) is 65.3 Å². The SMILES string of the molecule is CCCn1c(=O)n(CC(=O)NCCCO)c(=O)c2c3c(sc21)COC(C)(C)C3. The van der Waals surface area contributed by atoms with Crippen molar-refractivity contribution in [2.75, 3.05) is 13.2 Å². The van der Waals surface area contributed by atoms with Gasteiger partial charge in [-0.3, -0.25) is 18.7 Å². The largest absolute Gasteiger partial charge is 0.396 e. The van der Waals surface area contributed by atoms with E-state index in [1.807, 2.05) is 20.8 Å². The number of carbonyl (C=O) groups excluding carboxylic acids is 1. The Bertz CT molecular complexity index is 1000. The minimum atomic E-state index is -0.463. The van der Waals surface area contributed by atoms with E-state index in [9.17, 15) is 14.4 Å². The molecule has 2 aromatic heterocycles. The maximum absolute atomic E-state index is 13.2. The number of nitrogens with one attached hydrogen (secondary N) is 1. The maximum atomic E-state index is 13.2. The quantitative estimate of drug-likeness (QED) is 0.664. The molecule has 8 nitrogen and oxygen atoms in total. The fraction of sp³-hybridized carbons (Fsp3) is 0.632. The van der Waals surface area contributed by atoms with Gasteiger partial charge < -0.3 is 15.2 Å². The van der Waals surface area contributed by atoms with Crippen LogP contribution in [-0.2, 0) is 35.6 Å². The number of nitrogens with zero attached hydrogens (tertiary/aromatic N) is 2. The van der Waals surface area contributed by atoms with Crippen molar-refractivity contribution in [3.05, 3.63) is 31.3 Å². The summed E-state index contributed by atoms with van der Waals surface area (Å²) in [5, 5.41) is 12.0. The zero-order chi connectivity index (χ0) is 20.5. The minimum Gasteiger partial charge on any atom is -0.396 e. The monoisotopic (exact) mass is 409 g/mol. The van der Waals surface area contributed by atoms with Gasteiger partial charge in [0.2, 0.25) is 5.91 Å². The number of fused-ring (bicyclic) bond motifs is 3. The number of aromatic nitrogens is 2.